The van der Waals surface area contributed by atoms with Crippen molar-refractivity contribution in [1.82, 2.24) is 0 Å². The molecule has 2 aromatic rings. The van der Waals surface area contributed by atoms with Gasteiger partial charge in [-0.25, -0.2) is 0 Å². The number of halogens is 2. The van der Waals surface area contributed by atoms with Gasteiger partial charge in [0, 0.05) is 0 Å². The minimum Gasteiger partial charge on any atom is -1.00 e. The molecule has 0 amide bonds. The van der Waals surface area contributed by atoms with E-state index in [0.29, 0.717) is 3.63 Å². The Labute approximate surface area is 314 Å². The average molecular weight is 763 g/mol. The first kappa shape index (κ1) is 39.5. The fourth-order valence-corrected chi connectivity index (χ4v) is 18.3. The molecule has 6 rings (SSSR count). The van der Waals surface area contributed by atoms with Crippen LogP contribution >= 0.6 is 0 Å². The third-order valence-corrected chi connectivity index (χ3v) is 20.0. The first-order valence-corrected chi connectivity index (χ1v) is 22.3. The van der Waals surface area contributed by atoms with Crippen LogP contribution in [0.3, 0.4) is 0 Å². The van der Waals surface area contributed by atoms with E-state index >= 15 is 0 Å². The summed E-state index contributed by atoms with van der Waals surface area (Å²) in [6, 6.07) is 10.8. The van der Waals surface area contributed by atoms with E-state index in [1.54, 1.807) is 33.4 Å². The zero-order valence-corrected chi connectivity index (χ0v) is 35.9. The van der Waals surface area contributed by atoms with Gasteiger partial charge in [-0.05, 0) is 0 Å². The fourth-order valence-electron chi connectivity index (χ4n) is 8.88. The van der Waals surface area contributed by atoms with Crippen molar-refractivity contribution in [3.05, 3.63) is 91.3 Å². The number of allylic oxidation sites excluding steroid dienone is 8. The van der Waals surface area contributed by atoms with Crippen LogP contribution in [0.4, 0.5) is 0 Å². The van der Waals surface area contributed by atoms with Gasteiger partial charge in [0.1, 0.15) is 0 Å². The Hall–Kier alpha value is -1.27. The molecule has 0 bridgehead atoms. The van der Waals surface area contributed by atoms with E-state index < -0.39 is 21.3 Å². The Morgan fingerprint density at radius 1 is 0.688 bits per heavy atom. The summed E-state index contributed by atoms with van der Waals surface area (Å²) in [7, 11) is 0. The van der Waals surface area contributed by atoms with Crippen molar-refractivity contribution in [2.75, 3.05) is 0 Å². The molecule has 0 radical (unpaired) electrons. The normalized spacial score (nSPS) is 18.0. The Morgan fingerprint density at radius 3 is 1.48 bits per heavy atom. The molecule has 0 saturated carbocycles. The molecule has 0 aliphatic heterocycles. The van der Waals surface area contributed by atoms with Gasteiger partial charge in [-0.3, -0.25) is 0 Å². The number of benzene rings is 2. The van der Waals surface area contributed by atoms with Crippen LogP contribution < -0.4 is 24.8 Å². The molecule has 0 nitrogen and oxygen atoms in total. The van der Waals surface area contributed by atoms with Gasteiger partial charge in [0.15, 0.2) is 0 Å². The van der Waals surface area contributed by atoms with E-state index in [1.807, 2.05) is 6.49 Å². The van der Waals surface area contributed by atoms with Crippen molar-refractivity contribution in [2.24, 2.45) is 10.8 Å². The first-order chi connectivity index (χ1) is 21.5. The van der Waals surface area contributed by atoms with Crippen LogP contribution in [-0.2, 0) is 32.1 Å². The van der Waals surface area contributed by atoms with Crippen LogP contribution in [0.1, 0.15) is 165 Å². The molecular formula is C45H60Cl2Zr. The number of rotatable bonds is 8. The second kappa shape index (κ2) is 14.0. The Bertz CT molecular complexity index is 1630. The SMILES string of the molecule is CCCC[C](CCCC)=[Zr+2]([C]1=CC=CC1)[CH]1c2cc3c(cc2-c2cc4c(cc21)C(C)(C)C=C4C(C)(C)C)C(C(C)(C)C)=CC3(C)C.[Cl-].[Cl-]. The molecule has 258 valence electrons. The van der Waals surface area contributed by atoms with Gasteiger partial charge in [-0.15, -0.1) is 0 Å². The largest absolute Gasteiger partial charge is 1.00 e. The maximum atomic E-state index is 2.74. The molecule has 0 atom stereocenters. The number of unbranched alkanes of at least 4 members (excludes halogenated alkanes) is 2. The topological polar surface area (TPSA) is 0 Å². The van der Waals surface area contributed by atoms with E-state index in [0.717, 1.165) is 0 Å². The summed E-state index contributed by atoms with van der Waals surface area (Å²) in [5.74, 6) is 0. The molecule has 4 aliphatic carbocycles. The van der Waals surface area contributed by atoms with Crippen LogP contribution in [0, 0.1) is 10.8 Å². The van der Waals surface area contributed by atoms with Gasteiger partial charge in [0.05, 0.1) is 0 Å². The second-order valence-electron chi connectivity index (χ2n) is 18.0. The summed E-state index contributed by atoms with van der Waals surface area (Å²) in [5, 5.41) is 0. The quantitative estimate of drug-likeness (QED) is 0.267. The van der Waals surface area contributed by atoms with E-state index in [-0.39, 0.29) is 46.5 Å². The molecule has 3 heteroatoms. The zero-order chi connectivity index (χ0) is 33.4. The number of fused-ring (bicyclic) bond motifs is 5. The summed E-state index contributed by atoms with van der Waals surface area (Å²) >= 11 is -2.38. The molecule has 48 heavy (non-hydrogen) atoms. The molecule has 0 spiro atoms. The van der Waals surface area contributed by atoms with Crippen molar-refractivity contribution in [1.29, 1.82) is 0 Å². The van der Waals surface area contributed by atoms with Gasteiger partial charge in [-0.2, -0.15) is 0 Å². The molecule has 0 heterocycles. The van der Waals surface area contributed by atoms with E-state index in [2.05, 4.69) is 138 Å². The molecular weight excluding hydrogens is 703 g/mol. The van der Waals surface area contributed by atoms with E-state index in [1.165, 1.54) is 67.2 Å². The van der Waals surface area contributed by atoms with E-state index in [9.17, 15) is 0 Å². The second-order valence-corrected chi connectivity index (χ2v) is 24.8. The minimum absolute atomic E-state index is 0. The Morgan fingerprint density at radius 2 is 1.12 bits per heavy atom. The molecule has 0 N–H and O–H groups in total. The van der Waals surface area contributed by atoms with Gasteiger partial charge in [-0.1, -0.05) is 0 Å². The molecule has 0 saturated heterocycles. The standard InChI is InChI=1S/C31H37.C9H18.C5H5.2ClH.Zr/c1-28(2,3)26-16-30(7,8)24-12-18-11-19-13-25-23(15-21(19)20(18)14-22(24)26)27(29(4,5)6)17-31(25,9)10;1-3-5-7-9-8-6-4-2;1-2-4-5-3-1;;;/h11-17H,1-10H3;3-8H2,1-2H3;1-3H,4H2;2*1H;/q;;;;;+2/p-2. The van der Waals surface area contributed by atoms with Crippen molar-refractivity contribution in [3.8, 4) is 11.1 Å². The number of hydrogen-bond donors (Lipinski definition) is 0. The van der Waals surface area contributed by atoms with Crippen molar-refractivity contribution < 1.29 is 46.1 Å². The van der Waals surface area contributed by atoms with Crippen LogP contribution in [0.25, 0.3) is 22.3 Å². The van der Waals surface area contributed by atoms with Gasteiger partial charge in [0.25, 0.3) is 0 Å². The Balaban J connectivity index is 0.00000260. The van der Waals surface area contributed by atoms with Gasteiger partial charge >= 0.3 is 291 Å². The monoisotopic (exact) mass is 760 g/mol. The van der Waals surface area contributed by atoms with Crippen LogP contribution in [0.2, 0.25) is 0 Å². The maximum absolute atomic E-state index is 2.74. The van der Waals surface area contributed by atoms with Crippen molar-refractivity contribution >= 4 is 14.4 Å². The molecule has 0 aromatic heterocycles. The van der Waals surface area contributed by atoms with Crippen LogP contribution in [0.5, 0.6) is 0 Å². The fraction of sp³-hybridized carbons (Fsp3) is 0.533. The number of hydrogen-bond acceptors (Lipinski definition) is 0. The van der Waals surface area contributed by atoms with Crippen LogP contribution in [-0.4, -0.2) is 3.21 Å². The van der Waals surface area contributed by atoms with Gasteiger partial charge in [0.2, 0.25) is 0 Å². The van der Waals surface area contributed by atoms with Crippen molar-refractivity contribution in [2.45, 2.75) is 142 Å². The predicted octanol–water partition coefficient (Wildman–Crippen LogP) is 7.22. The summed E-state index contributed by atoms with van der Waals surface area (Å²) in [6.07, 6.45) is 21.7. The molecule has 4 aliphatic rings. The molecule has 0 fully saturated rings. The first-order valence-electron chi connectivity index (χ1n) is 18.4. The third-order valence-electron chi connectivity index (χ3n) is 11.3. The summed E-state index contributed by atoms with van der Waals surface area (Å²) in [4.78, 5) is 0. The average Bonchev–Trinajstić information content (AvgIpc) is 3.72. The van der Waals surface area contributed by atoms with Crippen LogP contribution in [0.15, 0.2) is 57.9 Å². The molecule has 2 aromatic carbocycles. The molecule has 0 unspecified atom stereocenters. The van der Waals surface area contributed by atoms with Crippen molar-refractivity contribution in [3.63, 3.8) is 0 Å². The minimum atomic E-state index is -2.38. The summed E-state index contributed by atoms with van der Waals surface area (Å²) in [6.45, 7) is 29.0. The van der Waals surface area contributed by atoms with Gasteiger partial charge < -0.3 is 24.8 Å². The third kappa shape index (κ3) is 6.85. The Kier molecular flexibility index (Phi) is 11.6. The predicted molar refractivity (Wildman–Crippen MR) is 201 cm³/mol. The van der Waals surface area contributed by atoms with E-state index in [4.69, 9.17) is 0 Å². The smallest absolute Gasteiger partial charge is 1.00 e. The summed E-state index contributed by atoms with van der Waals surface area (Å²) in [5.41, 5.74) is 15.9. The maximum Gasteiger partial charge on any atom is -1.00 e. The summed E-state index contributed by atoms with van der Waals surface area (Å²) < 4.78 is 4.38. The zero-order valence-electron chi connectivity index (χ0n) is 32.0.